The van der Waals surface area contributed by atoms with Crippen LogP contribution < -0.4 is 0 Å². The zero-order valence-electron chi connectivity index (χ0n) is 8.92. The molecule has 13 heavy (non-hydrogen) atoms. The second-order valence-corrected chi connectivity index (χ2v) is 5.02. The van der Waals surface area contributed by atoms with Crippen LogP contribution in [0.25, 0.3) is 0 Å². The summed E-state index contributed by atoms with van der Waals surface area (Å²) in [6.45, 7) is 10.5. The van der Waals surface area contributed by atoms with Gasteiger partial charge in [0, 0.05) is 5.25 Å². The lowest BCUT2D eigenvalue weighted by Crippen LogP contribution is -2.04. The first kappa shape index (κ1) is 10.6. The van der Waals surface area contributed by atoms with Crippen molar-refractivity contribution in [2.24, 2.45) is 5.92 Å². The van der Waals surface area contributed by atoms with Gasteiger partial charge in [0.25, 0.3) is 5.22 Å². The summed E-state index contributed by atoms with van der Waals surface area (Å²) in [6, 6.07) is 0. The molecular weight excluding hydrogens is 182 g/mol. The van der Waals surface area contributed by atoms with Crippen molar-refractivity contribution in [1.82, 2.24) is 4.98 Å². The van der Waals surface area contributed by atoms with Crippen molar-refractivity contribution in [2.45, 2.75) is 45.1 Å². The molecule has 0 amide bonds. The average Bonchev–Trinajstić information content (AvgIpc) is 2.31. The van der Waals surface area contributed by atoms with Crippen molar-refractivity contribution in [3.8, 4) is 0 Å². The number of thioether (sulfide) groups is 1. The summed E-state index contributed by atoms with van der Waals surface area (Å²) in [5, 5.41) is 1.36. The molecule has 1 atom stereocenters. The Labute approximate surface area is 84.1 Å². The standard InChI is InChI=1S/C10H17NOS/c1-6(2)9(5)13-10-11-7(3)8(4)12-10/h6,9H,1-5H3. The molecule has 1 aromatic rings. The lowest BCUT2D eigenvalue weighted by Gasteiger charge is -2.11. The van der Waals surface area contributed by atoms with Crippen molar-refractivity contribution in [3.05, 3.63) is 11.5 Å². The van der Waals surface area contributed by atoms with E-state index in [1.807, 2.05) is 13.8 Å². The molecule has 0 aromatic carbocycles. The van der Waals surface area contributed by atoms with Crippen LogP contribution in [0.1, 0.15) is 32.2 Å². The summed E-state index contributed by atoms with van der Waals surface area (Å²) in [5.74, 6) is 1.58. The predicted molar refractivity (Wildman–Crippen MR) is 56.1 cm³/mol. The van der Waals surface area contributed by atoms with Gasteiger partial charge in [0.05, 0.1) is 5.69 Å². The van der Waals surface area contributed by atoms with E-state index in [1.165, 1.54) is 0 Å². The summed E-state index contributed by atoms with van der Waals surface area (Å²) in [6.07, 6.45) is 0. The molecule has 0 aliphatic rings. The summed E-state index contributed by atoms with van der Waals surface area (Å²) >= 11 is 1.71. The van der Waals surface area contributed by atoms with Gasteiger partial charge in [-0.2, -0.15) is 0 Å². The molecule has 1 heterocycles. The molecule has 0 N–H and O–H groups in total. The Balaban J connectivity index is 2.64. The Bertz CT molecular complexity index is 261. The maximum absolute atomic E-state index is 5.49. The number of rotatable bonds is 3. The first-order valence-electron chi connectivity index (χ1n) is 4.61. The van der Waals surface area contributed by atoms with Crippen LogP contribution >= 0.6 is 11.8 Å². The van der Waals surface area contributed by atoms with Crippen LogP contribution in [0, 0.1) is 19.8 Å². The van der Waals surface area contributed by atoms with Crippen LogP contribution in [0.2, 0.25) is 0 Å². The van der Waals surface area contributed by atoms with E-state index in [1.54, 1.807) is 11.8 Å². The van der Waals surface area contributed by atoms with E-state index in [2.05, 4.69) is 25.8 Å². The van der Waals surface area contributed by atoms with Crippen LogP contribution in [-0.4, -0.2) is 10.2 Å². The summed E-state index contributed by atoms with van der Waals surface area (Å²) in [7, 11) is 0. The van der Waals surface area contributed by atoms with E-state index in [-0.39, 0.29) is 0 Å². The van der Waals surface area contributed by atoms with E-state index < -0.39 is 0 Å². The van der Waals surface area contributed by atoms with Gasteiger partial charge in [0.2, 0.25) is 0 Å². The maximum atomic E-state index is 5.49. The quantitative estimate of drug-likeness (QED) is 0.698. The third kappa shape index (κ3) is 2.76. The molecule has 3 heteroatoms. The Kier molecular flexibility index (Phi) is 3.42. The molecule has 0 saturated carbocycles. The minimum atomic E-state index is 0.553. The van der Waals surface area contributed by atoms with Crippen molar-refractivity contribution in [1.29, 1.82) is 0 Å². The van der Waals surface area contributed by atoms with Crippen molar-refractivity contribution >= 4 is 11.8 Å². The number of aromatic nitrogens is 1. The topological polar surface area (TPSA) is 26.0 Å². The second-order valence-electron chi connectivity index (χ2n) is 3.69. The highest BCUT2D eigenvalue weighted by Gasteiger charge is 2.13. The monoisotopic (exact) mass is 199 g/mol. The minimum absolute atomic E-state index is 0.553. The smallest absolute Gasteiger partial charge is 0.256 e. The highest BCUT2D eigenvalue weighted by atomic mass is 32.2. The molecule has 1 rings (SSSR count). The summed E-state index contributed by atoms with van der Waals surface area (Å²) < 4.78 is 5.49. The van der Waals surface area contributed by atoms with Crippen LogP contribution in [0.3, 0.4) is 0 Å². The fraction of sp³-hybridized carbons (Fsp3) is 0.700. The third-order valence-electron chi connectivity index (χ3n) is 2.23. The SMILES string of the molecule is Cc1nc(SC(C)C(C)C)oc1C. The average molecular weight is 199 g/mol. The van der Waals surface area contributed by atoms with Gasteiger partial charge in [-0.15, -0.1) is 0 Å². The minimum Gasteiger partial charge on any atom is -0.437 e. The first-order valence-corrected chi connectivity index (χ1v) is 5.49. The molecule has 1 aromatic heterocycles. The van der Waals surface area contributed by atoms with Gasteiger partial charge in [-0.05, 0) is 19.8 Å². The maximum Gasteiger partial charge on any atom is 0.256 e. The summed E-state index contributed by atoms with van der Waals surface area (Å²) in [4.78, 5) is 4.33. The predicted octanol–water partition coefficient (Wildman–Crippen LogP) is 3.43. The number of nitrogens with zero attached hydrogens (tertiary/aromatic N) is 1. The van der Waals surface area contributed by atoms with Crippen LogP contribution in [-0.2, 0) is 0 Å². The highest BCUT2D eigenvalue weighted by Crippen LogP contribution is 2.28. The Morgan fingerprint density at radius 2 is 1.85 bits per heavy atom. The molecular formula is C10H17NOS. The molecule has 0 radical (unpaired) electrons. The van der Waals surface area contributed by atoms with Crippen LogP contribution in [0.5, 0.6) is 0 Å². The Hall–Kier alpha value is -0.440. The fourth-order valence-electron chi connectivity index (χ4n) is 0.789. The molecule has 2 nitrogen and oxygen atoms in total. The lowest BCUT2D eigenvalue weighted by molar-refractivity contribution is 0.429. The van der Waals surface area contributed by atoms with Gasteiger partial charge in [0.1, 0.15) is 5.76 Å². The van der Waals surface area contributed by atoms with Crippen molar-refractivity contribution in [3.63, 3.8) is 0 Å². The number of hydrogen-bond donors (Lipinski definition) is 0. The van der Waals surface area contributed by atoms with E-state index >= 15 is 0 Å². The van der Waals surface area contributed by atoms with E-state index in [0.29, 0.717) is 11.2 Å². The first-order chi connectivity index (χ1) is 6.00. The molecule has 0 bridgehead atoms. The van der Waals surface area contributed by atoms with Gasteiger partial charge >= 0.3 is 0 Å². The van der Waals surface area contributed by atoms with Gasteiger partial charge < -0.3 is 4.42 Å². The van der Waals surface area contributed by atoms with Gasteiger partial charge in [0.15, 0.2) is 0 Å². The normalized spacial score (nSPS) is 13.7. The Morgan fingerprint density at radius 1 is 1.23 bits per heavy atom. The molecule has 0 aliphatic carbocycles. The number of hydrogen-bond acceptors (Lipinski definition) is 3. The largest absolute Gasteiger partial charge is 0.437 e. The molecule has 0 spiro atoms. The molecule has 0 fully saturated rings. The molecule has 0 aliphatic heterocycles. The van der Waals surface area contributed by atoms with Gasteiger partial charge in [-0.25, -0.2) is 4.98 Å². The van der Waals surface area contributed by atoms with Crippen molar-refractivity contribution < 1.29 is 4.42 Å². The van der Waals surface area contributed by atoms with Gasteiger partial charge in [-0.3, -0.25) is 0 Å². The number of oxazole rings is 1. The lowest BCUT2D eigenvalue weighted by atomic mass is 10.2. The molecule has 0 saturated heterocycles. The summed E-state index contributed by atoms with van der Waals surface area (Å²) in [5.41, 5.74) is 0.999. The highest BCUT2D eigenvalue weighted by molar-refractivity contribution is 7.99. The van der Waals surface area contributed by atoms with Gasteiger partial charge in [-0.1, -0.05) is 32.5 Å². The van der Waals surface area contributed by atoms with E-state index in [0.717, 1.165) is 16.7 Å². The number of aryl methyl sites for hydroxylation is 2. The molecule has 74 valence electrons. The fourth-order valence-corrected chi connectivity index (χ4v) is 1.74. The molecule has 1 unspecified atom stereocenters. The van der Waals surface area contributed by atoms with Crippen LogP contribution in [0.4, 0.5) is 0 Å². The zero-order valence-corrected chi connectivity index (χ0v) is 9.73. The van der Waals surface area contributed by atoms with Crippen LogP contribution in [0.15, 0.2) is 9.64 Å². The van der Waals surface area contributed by atoms with E-state index in [9.17, 15) is 0 Å². The Morgan fingerprint density at radius 3 is 2.23 bits per heavy atom. The second kappa shape index (κ2) is 4.18. The third-order valence-corrected chi connectivity index (χ3v) is 3.53. The van der Waals surface area contributed by atoms with E-state index in [4.69, 9.17) is 4.42 Å². The zero-order chi connectivity index (χ0) is 10.0. The van der Waals surface area contributed by atoms with Crippen molar-refractivity contribution in [2.75, 3.05) is 0 Å².